The highest BCUT2D eigenvalue weighted by Gasteiger charge is 2.21. The predicted octanol–water partition coefficient (Wildman–Crippen LogP) is 5.58. The van der Waals surface area contributed by atoms with Gasteiger partial charge >= 0.3 is 0 Å². The van der Waals surface area contributed by atoms with Crippen LogP contribution in [0.1, 0.15) is 11.1 Å². The van der Waals surface area contributed by atoms with E-state index in [-0.39, 0.29) is 0 Å². The van der Waals surface area contributed by atoms with Crippen LogP contribution in [0.4, 0.5) is 0 Å². The van der Waals surface area contributed by atoms with Crippen LogP contribution >= 0.6 is 0 Å². The summed E-state index contributed by atoms with van der Waals surface area (Å²) in [7, 11) is 3.38. The molecule has 2 aliphatic rings. The summed E-state index contributed by atoms with van der Waals surface area (Å²) in [6.45, 7) is 2.75. The minimum absolute atomic E-state index is 0.668. The van der Waals surface area contributed by atoms with Crippen LogP contribution in [-0.2, 0) is 6.54 Å². The molecule has 5 rings (SSSR count). The monoisotopic (exact) mass is 409 g/mol. The van der Waals surface area contributed by atoms with Gasteiger partial charge in [0.1, 0.15) is 22.9 Å². The van der Waals surface area contributed by atoms with Gasteiger partial charge in [-0.2, -0.15) is 0 Å². The summed E-state index contributed by atoms with van der Waals surface area (Å²) < 4.78 is 13.3. The van der Waals surface area contributed by atoms with Crippen LogP contribution in [-0.4, -0.2) is 29.0 Å². The molecule has 3 aromatic carbocycles. The van der Waals surface area contributed by atoms with Crippen molar-refractivity contribution < 1.29 is 9.47 Å². The van der Waals surface area contributed by atoms with Gasteiger partial charge < -0.3 is 14.0 Å². The Labute approximate surface area is 181 Å². The fraction of sp³-hybridized carbons (Fsp3) is 0.154. The van der Waals surface area contributed by atoms with Crippen molar-refractivity contribution >= 4 is 10.9 Å². The predicted molar refractivity (Wildman–Crippen MR) is 123 cm³/mol. The second-order valence-electron chi connectivity index (χ2n) is 7.63. The number of nitrogens with zero attached hydrogens (tertiary/aromatic N) is 3. The zero-order chi connectivity index (χ0) is 21.4. The van der Waals surface area contributed by atoms with Crippen LogP contribution in [0, 0.1) is 6.92 Å². The highest BCUT2D eigenvalue weighted by molar-refractivity contribution is 5.98. The van der Waals surface area contributed by atoms with Crippen LogP contribution in [0.5, 0.6) is 11.5 Å². The summed E-state index contributed by atoms with van der Waals surface area (Å²) in [6.07, 6.45) is 2.14. The Bertz CT molecular complexity index is 1340. The second kappa shape index (κ2) is 7.76. The molecule has 0 spiro atoms. The first-order chi connectivity index (χ1) is 15.2. The molecule has 0 amide bonds. The SMILES string of the molecule is COc1ccc2c(c1)c1nnc(-c3ccc(C)cc3)c-1cn2Cc1ccccc1OC. The second-order valence-corrected chi connectivity index (χ2v) is 7.63. The van der Waals surface area contributed by atoms with Gasteiger partial charge in [0.25, 0.3) is 0 Å². The molecule has 0 N–H and O–H groups in total. The molecular weight excluding hydrogens is 386 g/mol. The number of benzene rings is 3. The van der Waals surface area contributed by atoms with Crippen LogP contribution in [0.15, 0.2) is 72.9 Å². The lowest BCUT2D eigenvalue weighted by Gasteiger charge is -2.17. The van der Waals surface area contributed by atoms with Gasteiger partial charge in [0.15, 0.2) is 0 Å². The van der Waals surface area contributed by atoms with Crippen molar-refractivity contribution in [3.63, 3.8) is 0 Å². The van der Waals surface area contributed by atoms with E-state index in [0.717, 1.165) is 50.5 Å². The van der Waals surface area contributed by atoms with Crippen molar-refractivity contribution in [1.29, 1.82) is 0 Å². The van der Waals surface area contributed by atoms with Gasteiger partial charge in [-0.1, -0.05) is 48.0 Å². The van der Waals surface area contributed by atoms with E-state index in [9.17, 15) is 0 Å². The lowest BCUT2D eigenvalue weighted by atomic mass is 10.0. The van der Waals surface area contributed by atoms with Gasteiger partial charge in [-0.05, 0) is 31.2 Å². The Morgan fingerprint density at radius 1 is 0.839 bits per heavy atom. The van der Waals surface area contributed by atoms with E-state index in [1.807, 2.05) is 30.3 Å². The third-order valence-electron chi connectivity index (χ3n) is 5.67. The number of hydrogen-bond donors (Lipinski definition) is 0. The summed E-state index contributed by atoms with van der Waals surface area (Å²) in [6, 6.07) is 22.6. The quantitative estimate of drug-likeness (QED) is 0.380. The highest BCUT2D eigenvalue weighted by atomic mass is 16.5. The first-order valence-corrected chi connectivity index (χ1v) is 10.2. The van der Waals surface area contributed by atoms with Crippen molar-refractivity contribution in [1.82, 2.24) is 14.8 Å². The Morgan fingerprint density at radius 2 is 1.61 bits per heavy atom. The Morgan fingerprint density at radius 3 is 2.39 bits per heavy atom. The van der Waals surface area contributed by atoms with Crippen LogP contribution < -0.4 is 9.47 Å². The van der Waals surface area contributed by atoms with Crippen molar-refractivity contribution in [3.05, 3.63) is 84.1 Å². The first kappa shape index (κ1) is 19.1. The number of aryl methyl sites for hydroxylation is 1. The summed E-state index contributed by atoms with van der Waals surface area (Å²) in [5.41, 5.74) is 7.22. The van der Waals surface area contributed by atoms with Crippen LogP contribution in [0.25, 0.3) is 33.4 Å². The molecular formula is C26H23N3O2. The van der Waals surface area contributed by atoms with E-state index in [1.54, 1.807) is 14.2 Å². The molecule has 31 heavy (non-hydrogen) atoms. The molecule has 2 aliphatic heterocycles. The maximum Gasteiger partial charge on any atom is 0.123 e. The van der Waals surface area contributed by atoms with E-state index in [2.05, 4.69) is 64.3 Å². The van der Waals surface area contributed by atoms with E-state index < -0.39 is 0 Å². The molecule has 0 atom stereocenters. The van der Waals surface area contributed by atoms with Crippen LogP contribution in [0.2, 0.25) is 0 Å². The van der Waals surface area contributed by atoms with Gasteiger partial charge in [0, 0.05) is 28.3 Å². The smallest absolute Gasteiger partial charge is 0.123 e. The summed E-state index contributed by atoms with van der Waals surface area (Å²) in [4.78, 5) is 0. The van der Waals surface area contributed by atoms with Gasteiger partial charge in [0.2, 0.25) is 0 Å². The molecule has 0 unspecified atom stereocenters. The maximum absolute atomic E-state index is 5.58. The number of fused-ring (bicyclic) bond motifs is 3. The first-order valence-electron chi connectivity index (χ1n) is 10.2. The fourth-order valence-electron chi connectivity index (χ4n) is 4.02. The van der Waals surface area contributed by atoms with Crippen molar-refractivity contribution in [2.45, 2.75) is 13.5 Å². The summed E-state index contributed by atoms with van der Waals surface area (Å²) in [5.74, 6) is 1.66. The molecule has 2 heterocycles. The van der Waals surface area contributed by atoms with E-state index in [1.165, 1.54) is 5.56 Å². The standard InChI is InChI=1S/C26H23N3O2/c1-17-8-10-18(11-9-17)25-22-16-29(15-19-6-4-5-7-24(19)31-3)23-13-12-20(30-2)14-21(23)26(22)28-27-25/h4-14,16H,15H2,1-3H3. The number of hydrogen-bond acceptors (Lipinski definition) is 4. The zero-order valence-electron chi connectivity index (χ0n) is 17.8. The molecule has 154 valence electrons. The van der Waals surface area contributed by atoms with E-state index in [0.29, 0.717) is 6.54 Å². The van der Waals surface area contributed by atoms with Crippen molar-refractivity contribution in [2.24, 2.45) is 0 Å². The average molecular weight is 409 g/mol. The molecule has 0 radical (unpaired) electrons. The third-order valence-corrected chi connectivity index (χ3v) is 5.67. The summed E-state index contributed by atoms with van der Waals surface area (Å²) in [5, 5.41) is 10.1. The summed E-state index contributed by atoms with van der Waals surface area (Å²) >= 11 is 0. The molecule has 0 saturated heterocycles. The maximum atomic E-state index is 5.58. The van der Waals surface area contributed by atoms with Crippen LogP contribution in [0.3, 0.4) is 0 Å². The normalized spacial score (nSPS) is 11.2. The fourth-order valence-corrected chi connectivity index (χ4v) is 4.02. The van der Waals surface area contributed by atoms with Crippen molar-refractivity contribution in [3.8, 4) is 34.0 Å². The van der Waals surface area contributed by atoms with Gasteiger partial charge in [-0.25, -0.2) is 0 Å². The molecule has 0 bridgehead atoms. The van der Waals surface area contributed by atoms with Gasteiger partial charge in [-0.3, -0.25) is 0 Å². The molecule has 0 aromatic heterocycles. The number of para-hydroxylation sites is 1. The van der Waals surface area contributed by atoms with Crippen molar-refractivity contribution in [2.75, 3.05) is 14.2 Å². The molecule has 5 heteroatoms. The third kappa shape index (κ3) is 3.38. The topological polar surface area (TPSA) is 49.2 Å². The number of aromatic nitrogens is 3. The number of methoxy groups -OCH3 is 2. The number of pyridine rings is 1. The Kier molecular flexibility index (Phi) is 4.79. The minimum atomic E-state index is 0.668. The molecule has 0 saturated carbocycles. The zero-order valence-corrected chi connectivity index (χ0v) is 17.8. The average Bonchev–Trinajstić information content (AvgIpc) is 3.23. The minimum Gasteiger partial charge on any atom is -0.497 e. The van der Waals surface area contributed by atoms with Gasteiger partial charge in [0.05, 0.1) is 26.3 Å². The molecule has 0 fully saturated rings. The number of ether oxygens (including phenoxy) is 2. The van der Waals surface area contributed by atoms with E-state index in [4.69, 9.17) is 9.47 Å². The lowest BCUT2D eigenvalue weighted by Crippen LogP contribution is -2.05. The number of rotatable bonds is 5. The Hall–Kier alpha value is -3.86. The molecule has 3 aromatic rings. The molecule has 5 nitrogen and oxygen atoms in total. The molecule has 0 aliphatic carbocycles. The highest BCUT2D eigenvalue weighted by Crippen LogP contribution is 2.38. The van der Waals surface area contributed by atoms with E-state index >= 15 is 0 Å². The lowest BCUT2D eigenvalue weighted by molar-refractivity contribution is 0.408. The van der Waals surface area contributed by atoms with Gasteiger partial charge in [-0.15, -0.1) is 10.2 Å². The largest absolute Gasteiger partial charge is 0.497 e. The Balaban J connectivity index is 1.74.